The van der Waals surface area contributed by atoms with Gasteiger partial charge in [-0.2, -0.15) is 15.4 Å². The number of amides is 3. The lowest BCUT2D eigenvalue weighted by Crippen LogP contribution is -2.65. The zero-order valence-corrected chi connectivity index (χ0v) is 26.4. The van der Waals surface area contributed by atoms with Crippen molar-refractivity contribution in [2.45, 2.75) is 11.8 Å². The number of nitrogens with zero attached hydrogens (tertiary/aromatic N) is 4. The Labute approximate surface area is 283 Å². The predicted molar refractivity (Wildman–Crippen MR) is 180 cm³/mol. The summed E-state index contributed by atoms with van der Waals surface area (Å²) in [4.78, 5) is 57.3. The molecule has 2 atom stereocenters. The van der Waals surface area contributed by atoms with Crippen LogP contribution in [0.1, 0.15) is 34.1 Å². The van der Waals surface area contributed by atoms with Crippen LogP contribution in [0.15, 0.2) is 119 Å². The maximum Gasteiger partial charge on any atom is 0.292 e. The van der Waals surface area contributed by atoms with Gasteiger partial charge in [0.1, 0.15) is 11.1 Å². The minimum atomic E-state index is -1.04. The third-order valence-corrected chi connectivity index (χ3v) is 10.3. The molecule has 5 aliphatic rings. The number of amidine groups is 1. The number of benzene rings is 4. The monoisotopic (exact) mass is 670 g/mol. The number of hydrogen-bond donors (Lipinski definition) is 2. The lowest BCUT2D eigenvalue weighted by Gasteiger charge is -2.52. The summed E-state index contributed by atoms with van der Waals surface area (Å²) in [6.45, 7) is 0. The van der Waals surface area contributed by atoms with E-state index >= 15 is 0 Å². The van der Waals surface area contributed by atoms with Gasteiger partial charge >= 0.3 is 0 Å². The Kier molecular flexibility index (Phi) is 7.13. The van der Waals surface area contributed by atoms with Gasteiger partial charge in [-0.25, -0.2) is 0 Å². The molecule has 4 aromatic carbocycles. The van der Waals surface area contributed by atoms with Crippen molar-refractivity contribution in [2.24, 2.45) is 16.9 Å². The molecular weight excluding hydrogens is 648 g/mol. The summed E-state index contributed by atoms with van der Waals surface area (Å²) in [6.07, 6.45) is 0. The highest BCUT2D eigenvalue weighted by Gasteiger charge is 2.59. The smallest absolute Gasteiger partial charge is 0.282 e. The van der Waals surface area contributed by atoms with Crippen molar-refractivity contribution in [1.82, 2.24) is 10.4 Å². The quantitative estimate of drug-likeness (QED) is 0.165. The van der Waals surface area contributed by atoms with Crippen molar-refractivity contribution in [2.75, 3.05) is 10.3 Å². The molecular formula is C36H23ClN6O4S. The molecule has 9 rings (SSSR count). The summed E-state index contributed by atoms with van der Waals surface area (Å²) in [5.74, 6) is -4.67. The number of hydrogen-bond acceptors (Lipinski definition) is 8. The number of nitrogens with one attached hydrogen (secondary N) is 2. The highest BCUT2D eigenvalue weighted by molar-refractivity contribution is 8.19. The standard InChI is InChI=1S/C36H23ClN6O4S/c37-19-14-16-20(17-15-19)39-40-31-36(47)48-35(42(31)21-8-2-1-3-9-21)26(18-38)33(45)43-34(46)30-28-24-12-6-4-10-22(24)27(29(30)32(44)41-43)23-11-5-7-13-25(23)28/h1-17,27-30,39H,(H,41,44)/b35-26+,40-31-. The van der Waals surface area contributed by atoms with E-state index < -0.39 is 46.2 Å². The molecule has 2 N–H and O–H groups in total. The van der Waals surface area contributed by atoms with Gasteiger partial charge in [0.2, 0.25) is 11.7 Å². The molecule has 2 unspecified atom stereocenters. The number of nitriles is 1. The second-order valence-electron chi connectivity index (χ2n) is 11.6. The van der Waals surface area contributed by atoms with Gasteiger partial charge in [-0.15, -0.1) is 0 Å². The highest BCUT2D eigenvalue weighted by atomic mass is 35.5. The first-order valence-corrected chi connectivity index (χ1v) is 16.2. The predicted octanol–water partition coefficient (Wildman–Crippen LogP) is 5.50. The molecule has 2 fully saturated rings. The van der Waals surface area contributed by atoms with Crippen LogP contribution in [0.2, 0.25) is 5.02 Å². The van der Waals surface area contributed by atoms with Gasteiger partial charge < -0.3 is 0 Å². The molecule has 48 heavy (non-hydrogen) atoms. The Hall–Kier alpha value is -5.70. The van der Waals surface area contributed by atoms with Gasteiger partial charge in [0.25, 0.3) is 16.9 Å². The van der Waals surface area contributed by atoms with Crippen molar-refractivity contribution < 1.29 is 19.2 Å². The summed E-state index contributed by atoms with van der Waals surface area (Å²) in [5, 5.41) is 15.3. The van der Waals surface area contributed by atoms with Crippen LogP contribution in [-0.4, -0.2) is 33.7 Å². The fourth-order valence-corrected chi connectivity index (χ4v) is 8.26. The summed E-state index contributed by atoms with van der Waals surface area (Å²) in [6, 6.07) is 32.8. The first kappa shape index (κ1) is 29.7. The van der Waals surface area contributed by atoms with E-state index in [4.69, 9.17) is 11.6 Å². The molecule has 12 heteroatoms. The molecule has 4 aromatic rings. The van der Waals surface area contributed by atoms with Crippen LogP contribution in [0.5, 0.6) is 0 Å². The number of halogens is 1. The minimum Gasteiger partial charge on any atom is -0.282 e. The molecule has 234 valence electrons. The van der Waals surface area contributed by atoms with Crippen LogP contribution in [0.3, 0.4) is 0 Å². The first-order valence-electron chi connectivity index (χ1n) is 15.0. The van der Waals surface area contributed by atoms with Gasteiger partial charge in [0, 0.05) is 22.5 Å². The van der Waals surface area contributed by atoms with E-state index in [1.54, 1.807) is 54.6 Å². The number of hydrazone groups is 1. The molecule has 2 saturated heterocycles. The summed E-state index contributed by atoms with van der Waals surface area (Å²) in [5.41, 5.74) is 9.72. The molecule has 3 amide bonds. The van der Waals surface area contributed by atoms with E-state index in [2.05, 4.69) is 16.0 Å². The third kappa shape index (κ3) is 4.52. The molecule has 0 radical (unpaired) electrons. The Morgan fingerprint density at radius 3 is 1.96 bits per heavy atom. The molecule has 2 bridgehead atoms. The van der Waals surface area contributed by atoms with Crippen molar-refractivity contribution >= 4 is 63.4 Å². The van der Waals surface area contributed by atoms with Crippen molar-refractivity contribution in [3.8, 4) is 6.07 Å². The molecule has 0 aromatic heterocycles. The third-order valence-electron chi connectivity index (χ3n) is 9.15. The second kappa shape index (κ2) is 11.5. The topological polar surface area (TPSA) is 135 Å². The summed E-state index contributed by atoms with van der Waals surface area (Å²) >= 11 is 6.64. The largest absolute Gasteiger partial charge is 0.292 e. The number of imide groups is 1. The van der Waals surface area contributed by atoms with Crippen molar-refractivity contribution in [1.29, 1.82) is 5.26 Å². The Bertz CT molecular complexity index is 2120. The molecule has 2 heterocycles. The van der Waals surface area contributed by atoms with Gasteiger partial charge in [0.05, 0.1) is 17.5 Å². The molecule has 2 aliphatic heterocycles. The maximum absolute atomic E-state index is 14.4. The van der Waals surface area contributed by atoms with Gasteiger partial charge in [-0.3, -0.25) is 34.9 Å². The molecule has 0 spiro atoms. The Morgan fingerprint density at radius 2 is 1.38 bits per heavy atom. The Morgan fingerprint density at radius 1 is 0.812 bits per heavy atom. The Balaban J connectivity index is 1.19. The number of rotatable bonds is 4. The normalized spacial score (nSPS) is 24.0. The number of carbonyl (C=O) groups is 4. The van der Waals surface area contributed by atoms with Gasteiger partial charge in [-0.05, 0) is 70.4 Å². The van der Waals surface area contributed by atoms with Crippen LogP contribution in [0, 0.1) is 23.2 Å². The second-order valence-corrected chi connectivity index (χ2v) is 13.0. The SMILES string of the molecule is N#C/C(C(=O)N1NC(=O)C2C3c4ccccc4C(c4ccccc43)C2C1=O)=C1\SC(=O)/C(=N/Nc2ccc(Cl)cc2)N1c1ccccc1. The van der Waals surface area contributed by atoms with Crippen LogP contribution >= 0.6 is 23.4 Å². The average molecular weight is 671 g/mol. The van der Waals surface area contributed by atoms with Crippen molar-refractivity contribution in [3.05, 3.63) is 141 Å². The molecule has 10 nitrogen and oxygen atoms in total. The van der Waals surface area contributed by atoms with E-state index in [1.807, 2.05) is 54.6 Å². The fraction of sp³-hybridized carbons (Fsp3) is 0.111. The van der Waals surface area contributed by atoms with E-state index in [9.17, 15) is 24.4 Å². The molecule has 3 aliphatic carbocycles. The number of anilines is 2. The van der Waals surface area contributed by atoms with Gasteiger partial charge in [-0.1, -0.05) is 78.3 Å². The van der Waals surface area contributed by atoms with E-state index in [0.29, 0.717) is 33.2 Å². The van der Waals surface area contributed by atoms with Crippen LogP contribution in [0.25, 0.3) is 0 Å². The van der Waals surface area contributed by atoms with Crippen LogP contribution in [-0.2, 0) is 19.2 Å². The zero-order chi connectivity index (χ0) is 33.1. The van der Waals surface area contributed by atoms with E-state index in [1.165, 1.54) is 4.90 Å². The minimum absolute atomic E-state index is 0.0413. The van der Waals surface area contributed by atoms with Crippen molar-refractivity contribution in [3.63, 3.8) is 0 Å². The van der Waals surface area contributed by atoms with Crippen LogP contribution < -0.4 is 15.8 Å². The summed E-state index contributed by atoms with van der Waals surface area (Å²) < 4.78 is 0. The lowest BCUT2D eigenvalue weighted by molar-refractivity contribution is -0.165. The maximum atomic E-state index is 14.4. The molecule has 0 saturated carbocycles. The zero-order valence-electron chi connectivity index (χ0n) is 24.8. The van der Waals surface area contributed by atoms with E-state index in [0.717, 1.165) is 22.3 Å². The number of carbonyl (C=O) groups excluding carboxylic acids is 4. The lowest BCUT2D eigenvalue weighted by atomic mass is 9.53. The number of para-hydroxylation sites is 1. The number of thioether (sulfide) groups is 1. The first-order chi connectivity index (χ1) is 23.4. The van der Waals surface area contributed by atoms with E-state index in [-0.39, 0.29) is 16.8 Å². The fourth-order valence-electron chi connectivity index (χ4n) is 7.21. The van der Waals surface area contributed by atoms with Gasteiger partial charge in [0.15, 0.2) is 5.57 Å². The number of hydrazine groups is 1. The average Bonchev–Trinajstić information content (AvgIpc) is 3.44. The highest BCUT2D eigenvalue weighted by Crippen LogP contribution is 2.59. The van der Waals surface area contributed by atoms with Crippen LogP contribution in [0.4, 0.5) is 11.4 Å². The summed E-state index contributed by atoms with van der Waals surface area (Å²) in [7, 11) is 0.